The zero-order valence-electron chi connectivity index (χ0n) is 11.7. The van der Waals surface area contributed by atoms with Gasteiger partial charge in [-0.05, 0) is 23.8 Å². The molecule has 2 aromatic carbocycles. The molecule has 2 rings (SSSR count). The zero-order chi connectivity index (χ0) is 14.4. The summed E-state index contributed by atoms with van der Waals surface area (Å²) in [6, 6.07) is 13.3. The molecule has 20 heavy (non-hydrogen) atoms. The molecule has 0 saturated heterocycles. The van der Waals surface area contributed by atoms with Crippen LogP contribution in [0.5, 0.6) is 17.2 Å². The Morgan fingerprint density at radius 1 is 0.950 bits per heavy atom. The molecule has 0 unspecified atom stereocenters. The lowest BCUT2D eigenvalue weighted by atomic mass is 10.1. The number of rotatable bonds is 6. The molecule has 0 fully saturated rings. The lowest BCUT2D eigenvalue weighted by Gasteiger charge is -2.10. The Labute approximate surface area is 119 Å². The second kappa shape index (κ2) is 6.82. The van der Waals surface area contributed by atoms with Crippen LogP contribution >= 0.6 is 0 Å². The van der Waals surface area contributed by atoms with E-state index in [-0.39, 0.29) is 5.75 Å². The van der Waals surface area contributed by atoms with E-state index in [0.717, 1.165) is 16.9 Å². The molecule has 0 spiro atoms. The molecule has 106 valence electrons. The van der Waals surface area contributed by atoms with Crippen LogP contribution in [0.3, 0.4) is 0 Å². The number of methoxy groups -OCH3 is 2. The molecular formula is C16H19NO3. The van der Waals surface area contributed by atoms with Gasteiger partial charge in [0, 0.05) is 18.7 Å². The fraction of sp³-hybridized carbons (Fsp3) is 0.250. The van der Waals surface area contributed by atoms with Gasteiger partial charge >= 0.3 is 0 Å². The second-order valence-electron chi connectivity index (χ2n) is 4.42. The smallest absolute Gasteiger partial charge is 0.160 e. The number of hydrogen-bond donors (Lipinski definition) is 2. The van der Waals surface area contributed by atoms with E-state index in [1.165, 1.54) is 7.11 Å². The van der Waals surface area contributed by atoms with Crippen molar-refractivity contribution in [1.29, 1.82) is 0 Å². The lowest BCUT2D eigenvalue weighted by molar-refractivity contribution is 0.373. The van der Waals surface area contributed by atoms with Gasteiger partial charge in [-0.15, -0.1) is 0 Å². The van der Waals surface area contributed by atoms with E-state index < -0.39 is 0 Å². The first kappa shape index (κ1) is 14.2. The van der Waals surface area contributed by atoms with Crippen molar-refractivity contribution in [3.63, 3.8) is 0 Å². The van der Waals surface area contributed by atoms with Gasteiger partial charge in [-0.2, -0.15) is 0 Å². The number of nitrogens with one attached hydrogen (secondary N) is 1. The first-order valence-electron chi connectivity index (χ1n) is 6.43. The molecule has 0 bridgehead atoms. The van der Waals surface area contributed by atoms with Crippen molar-refractivity contribution in [3.05, 3.63) is 53.6 Å². The zero-order valence-corrected chi connectivity index (χ0v) is 11.7. The number of aromatic hydroxyl groups is 1. The molecule has 0 atom stereocenters. The number of hydrogen-bond acceptors (Lipinski definition) is 4. The Bertz CT molecular complexity index is 569. The minimum absolute atomic E-state index is 0.157. The van der Waals surface area contributed by atoms with E-state index in [2.05, 4.69) is 5.32 Å². The number of ether oxygens (including phenoxy) is 2. The van der Waals surface area contributed by atoms with Crippen LogP contribution in [0.1, 0.15) is 11.1 Å². The van der Waals surface area contributed by atoms with Gasteiger partial charge in [-0.25, -0.2) is 0 Å². The van der Waals surface area contributed by atoms with Gasteiger partial charge in [-0.1, -0.05) is 24.3 Å². The predicted octanol–water partition coefficient (Wildman–Crippen LogP) is 2.70. The normalized spacial score (nSPS) is 10.3. The van der Waals surface area contributed by atoms with Gasteiger partial charge in [0.2, 0.25) is 0 Å². The van der Waals surface area contributed by atoms with Crippen molar-refractivity contribution >= 4 is 0 Å². The van der Waals surface area contributed by atoms with Crippen LogP contribution in [0, 0.1) is 0 Å². The molecule has 0 saturated carbocycles. The molecule has 2 aromatic rings. The summed E-state index contributed by atoms with van der Waals surface area (Å²) in [7, 11) is 3.20. The van der Waals surface area contributed by atoms with Gasteiger partial charge in [0.05, 0.1) is 14.2 Å². The van der Waals surface area contributed by atoms with E-state index in [9.17, 15) is 5.11 Å². The summed E-state index contributed by atoms with van der Waals surface area (Å²) in [5.74, 6) is 1.51. The molecule has 0 aliphatic carbocycles. The Morgan fingerprint density at radius 3 is 2.40 bits per heavy atom. The molecule has 4 heteroatoms. The highest BCUT2D eigenvalue weighted by molar-refractivity contribution is 5.41. The maximum Gasteiger partial charge on any atom is 0.160 e. The minimum Gasteiger partial charge on any atom is -0.504 e. The maximum absolute atomic E-state index is 9.72. The van der Waals surface area contributed by atoms with E-state index in [4.69, 9.17) is 9.47 Å². The van der Waals surface area contributed by atoms with Crippen molar-refractivity contribution in [3.8, 4) is 17.2 Å². The van der Waals surface area contributed by atoms with Gasteiger partial charge in [-0.3, -0.25) is 0 Å². The molecule has 0 aliphatic rings. The van der Waals surface area contributed by atoms with Gasteiger partial charge in [0.15, 0.2) is 11.5 Å². The summed E-state index contributed by atoms with van der Waals surface area (Å²) in [4.78, 5) is 0. The Kier molecular flexibility index (Phi) is 4.85. The van der Waals surface area contributed by atoms with Crippen molar-refractivity contribution in [2.75, 3.05) is 14.2 Å². The third-order valence-electron chi connectivity index (χ3n) is 3.08. The highest BCUT2D eigenvalue weighted by Gasteiger charge is 2.04. The number of benzene rings is 2. The molecule has 0 radical (unpaired) electrons. The van der Waals surface area contributed by atoms with E-state index >= 15 is 0 Å². The second-order valence-corrected chi connectivity index (χ2v) is 4.42. The summed E-state index contributed by atoms with van der Waals surface area (Å²) in [6.45, 7) is 1.37. The number of phenols is 1. The summed E-state index contributed by atoms with van der Waals surface area (Å²) in [6.07, 6.45) is 0. The average Bonchev–Trinajstić information content (AvgIpc) is 2.48. The molecular weight excluding hydrogens is 254 g/mol. The Hall–Kier alpha value is -2.20. The first-order valence-corrected chi connectivity index (χ1v) is 6.43. The average molecular weight is 273 g/mol. The highest BCUT2D eigenvalue weighted by atomic mass is 16.5. The quantitative estimate of drug-likeness (QED) is 0.849. The first-order chi connectivity index (χ1) is 9.74. The standard InChI is InChI=1S/C16H19NO3/c1-19-15-6-4-3-5-13(15)11-17-10-12-7-8-16(20-2)14(18)9-12/h3-9,17-18H,10-11H2,1-2H3. The van der Waals surface area contributed by atoms with Crippen LogP contribution in [0.4, 0.5) is 0 Å². The highest BCUT2D eigenvalue weighted by Crippen LogP contribution is 2.26. The minimum atomic E-state index is 0.157. The number of phenolic OH excluding ortho intramolecular Hbond substituents is 1. The van der Waals surface area contributed by atoms with Gasteiger partial charge in [0.25, 0.3) is 0 Å². The van der Waals surface area contributed by atoms with Crippen LogP contribution in [0.15, 0.2) is 42.5 Å². The SMILES string of the molecule is COc1ccc(CNCc2ccccc2OC)cc1O. The molecule has 0 aliphatic heterocycles. The molecule has 0 aromatic heterocycles. The van der Waals surface area contributed by atoms with Crippen molar-refractivity contribution < 1.29 is 14.6 Å². The lowest BCUT2D eigenvalue weighted by Crippen LogP contribution is -2.13. The fourth-order valence-electron chi connectivity index (χ4n) is 2.04. The fourth-order valence-corrected chi connectivity index (χ4v) is 2.04. The van der Waals surface area contributed by atoms with Gasteiger partial charge < -0.3 is 19.9 Å². The van der Waals surface area contributed by atoms with E-state index in [1.807, 2.05) is 30.3 Å². The van der Waals surface area contributed by atoms with E-state index in [1.54, 1.807) is 19.2 Å². The van der Waals surface area contributed by atoms with Crippen molar-refractivity contribution in [2.24, 2.45) is 0 Å². The third-order valence-corrected chi connectivity index (χ3v) is 3.08. The largest absolute Gasteiger partial charge is 0.504 e. The predicted molar refractivity (Wildman–Crippen MR) is 78.2 cm³/mol. The number of para-hydroxylation sites is 1. The van der Waals surface area contributed by atoms with Gasteiger partial charge in [0.1, 0.15) is 5.75 Å². The summed E-state index contributed by atoms with van der Waals surface area (Å²) in [5.41, 5.74) is 2.10. The van der Waals surface area contributed by atoms with Crippen LogP contribution in [0.25, 0.3) is 0 Å². The Morgan fingerprint density at radius 2 is 1.70 bits per heavy atom. The molecule has 4 nitrogen and oxygen atoms in total. The van der Waals surface area contributed by atoms with E-state index in [0.29, 0.717) is 18.8 Å². The topological polar surface area (TPSA) is 50.7 Å². The Balaban J connectivity index is 1.94. The van der Waals surface area contributed by atoms with Crippen molar-refractivity contribution in [2.45, 2.75) is 13.1 Å². The summed E-state index contributed by atoms with van der Waals surface area (Å²) >= 11 is 0. The summed E-state index contributed by atoms with van der Waals surface area (Å²) < 4.78 is 10.3. The molecule has 0 heterocycles. The van der Waals surface area contributed by atoms with Crippen LogP contribution in [0.2, 0.25) is 0 Å². The third kappa shape index (κ3) is 3.42. The van der Waals surface area contributed by atoms with Crippen LogP contribution in [-0.2, 0) is 13.1 Å². The maximum atomic E-state index is 9.72. The van der Waals surface area contributed by atoms with Crippen LogP contribution < -0.4 is 14.8 Å². The van der Waals surface area contributed by atoms with Crippen LogP contribution in [-0.4, -0.2) is 19.3 Å². The summed E-state index contributed by atoms with van der Waals surface area (Å²) in [5, 5.41) is 13.0. The molecule has 2 N–H and O–H groups in total. The molecule has 0 amide bonds. The monoisotopic (exact) mass is 273 g/mol. The van der Waals surface area contributed by atoms with Crippen molar-refractivity contribution in [1.82, 2.24) is 5.32 Å².